The van der Waals surface area contributed by atoms with Gasteiger partial charge in [0.1, 0.15) is 0 Å². The number of aromatic amines is 1. The van der Waals surface area contributed by atoms with E-state index in [-0.39, 0.29) is 24.0 Å². The maximum atomic E-state index is 13.0. The third-order valence-corrected chi connectivity index (χ3v) is 7.30. The lowest BCUT2D eigenvalue weighted by molar-refractivity contribution is -0.0455. The van der Waals surface area contributed by atoms with E-state index in [1.54, 1.807) is 4.90 Å². The fourth-order valence-corrected chi connectivity index (χ4v) is 5.45. The normalized spacial score (nSPS) is 28.7. The second-order valence-corrected chi connectivity index (χ2v) is 10.1. The van der Waals surface area contributed by atoms with Crippen LogP contribution in [0.1, 0.15) is 34.6 Å². The second-order valence-electron chi connectivity index (χ2n) is 7.81. The number of β-amino-alcohol motifs (C(OH)–C–C–N with tert-alkyl or cyclic N) is 1. The maximum Gasteiger partial charge on any atom is 0.274 e. The first-order valence-electron chi connectivity index (χ1n) is 9.44. The van der Waals surface area contributed by atoms with E-state index >= 15 is 0 Å². The molecule has 1 aromatic heterocycles. The zero-order valence-electron chi connectivity index (χ0n) is 15.3. The largest absolute Gasteiger partial charge is 0.387 e. The molecule has 0 bridgehead atoms. The van der Waals surface area contributed by atoms with E-state index < -0.39 is 15.4 Å². The van der Waals surface area contributed by atoms with Crippen LogP contribution in [0.15, 0.2) is 0 Å². The molecule has 3 aliphatic heterocycles. The molecular formula is C17H26N4O5S. The minimum atomic E-state index is -2.95. The van der Waals surface area contributed by atoms with Crippen molar-refractivity contribution in [3.05, 3.63) is 17.0 Å². The minimum absolute atomic E-state index is 0.130. The molecule has 3 aliphatic rings. The summed E-state index contributed by atoms with van der Waals surface area (Å²) in [6, 6.07) is 0. The molecule has 9 nitrogen and oxygen atoms in total. The highest BCUT2D eigenvalue weighted by Crippen LogP contribution is 2.26. The highest BCUT2D eigenvalue weighted by atomic mass is 32.2. The van der Waals surface area contributed by atoms with Crippen molar-refractivity contribution < 1.29 is 23.1 Å². The van der Waals surface area contributed by atoms with Crippen LogP contribution >= 0.6 is 0 Å². The van der Waals surface area contributed by atoms with Gasteiger partial charge in [0.25, 0.3) is 5.91 Å². The molecule has 4 rings (SSSR count). The average molecular weight is 398 g/mol. The molecule has 1 unspecified atom stereocenters. The number of nitrogens with one attached hydrogen (secondary N) is 1. The molecule has 27 heavy (non-hydrogen) atoms. The standard InChI is InChI=1S/C17H26N4O5S/c22-16(15-13-10-26-7-2-14(13)18-19-15)21-4-1-3-17(23,12-21)11-20-5-8-27(24,25)9-6-20/h23H,1-12H2,(H,18,19). The highest BCUT2D eigenvalue weighted by Gasteiger charge is 2.39. The third-order valence-electron chi connectivity index (χ3n) is 5.70. The number of carbonyl (C=O) groups is 1. The monoisotopic (exact) mass is 398 g/mol. The minimum Gasteiger partial charge on any atom is -0.387 e. The van der Waals surface area contributed by atoms with Crippen LogP contribution in [0, 0.1) is 0 Å². The van der Waals surface area contributed by atoms with Gasteiger partial charge in [-0.2, -0.15) is 5.10 Å². The topological polar surface area (TPSA) is 116 Å². The molecule has 10 heteroatoms. The van der Waals surface area contributed by atoms with Gasteiger partial charge in [0.05, 0.1) is 36.9 Å². The summed E-state index contributed by atoms with van der Waals surface area (Å²) in [5.41, 5.74) is 1.13. The van der Waals surface area contributed by atoms with Crippen LogP contribution in [0.25, 0.3) is 0 Å². The van der Waals surface area contributed by atoms with Gasteiger partial charge in [0, 0.05) is 43.9 Å². The van der Waals surface area contributed by atoms with E-state index in [4.69, 9.17) is 4.74 Å². The first-order chi connectivity index (χ1) is 12.9. The van der Waals surface area contributed by atoms with Gasteiger partial charge in [-0.3, -0.25) is 14.8 Å². The Balaban J connectivity index is 1.43. The Morgan fingerprint density at radius 1 is 1.30 bits per heavy atom. The van der Waals surface area contributed by atoms with E-state index in [0.29, 0.717) is 57.9 Å². The van der Waals surface area contributed by atoms with Gasteiger partial charge in [-0.1, -0.05) is 0 Å². The van der Waals surface area contributed by atoms with Crippen LogP contribution in [0.4, 0.5) is 0 Å². The van der Waals surface area contributed by atoms with E-state index in [1.807, 2.05) is 4.90 Å². The third kappa shape index (κ3) is 4.03. The maximum absolute atomic E-state index is 13.0. The number of sulfone groups is 1. The van der Waals surface area contributed by atoms with Gasteiger partial charge in [-0.25, -0.2) is 8.42 Å². The SMILES string of the molecule is O=C(c1n[nH]c2c1COCC2)N1CCCC(O)(CN2CCS(=O)(=O)CC2)C1. The number of H-pyrrole nitrogens is 1. The number of hydrogen-bond donors (Lipinski definition) is 2. The van der Waals surface area contributed by atoms with Crippen molar-refractivity contribution in [1.82, 2.24) is 20.0 Å². The molecule has 4 heterocycles. The number of fused-ring (bicyclic) bond motifs is 1. The van der Waals surface area contributed by atoms with Crippen molar-refractivity contribution in [3.63, 3.8) is 0 Å². The number of amides is 1. The summed E-state index contributed by atoms with van der Waals surface area (Å²) in [4.78, 5) is 16.6. The van der Waals surface area contributed by atoms with Crippen LogP contribution in [-0.4, -0.2) is 95.9 Å². The van der Waals surface area contributed by atoms with Gasteiger partial charge >= 0.3 is 0 Å². The van der Waals surface area contributed by atoms with E-state index in [0.717, 1.165) is 17.7 Å². The lowest BCUT2D eigenvalue weighted by atomic mass is 9.91. The number of likely N-dealkylation sites (tertiary alicyclic amines) is 1. The summed E-state index contributed by atoms with van der Waals surface area (Å²) >= 11 is 0. The molecule has 0 radical (unpaired) electrons. The summed E-state index contributed by atoms with van der Waals surface area (Å²) in [6.07, 6.45) is 2.02. The van der Waals surface area contributed by atoms with Crippen molar-refractivity contribution in [1.29, 1.82) is 0 Å². The summed E-state index contributed by atoms with van der Waals surface area (Å²) in [7, 11) is -2.95. The van der Waals surface area contributed by atoms with Crippen LogP contribution in [0.5, 0.6) is 0 Å². The summed E-state index contributed by atoms with van der Waals surface area (Å²) in [6.45, 7) is 3.07. The number of aromatic nitrogens is 2. The molecule has 1 aromatic rings. The number of hydrogen-bond acceptors (Lipinski definition) is 7. The molecule has 2 fully saturated rings. The van der Waals surface area contributed by atoms with Gasteiger partial charge < -0.3 is 14.7 Å². The Morgan fingerprint density at radius 3 is 2.85 bits per heavy atom. The fraction of sp³-hybridized carbons (Fsp3) is 0.765. The lowest BCUT2D eigenvalue weighted by Crippen LogP contribution is -2.57. The zero-order valence-corrected chi connectivity index (χ0v) is 16.1. The van der Waals surface area contributed by atoms with Crippen molar-refractivity contribution in [2.24, 2.45) is 0 Å². The van der Waals surface area contributed by atoms with Crippen molar-refractivity contribution in [2.45, 2.75) is 31.5 Å². The molecule has 150 valence electrons. The Morgan fingerprint density at radius 2 is 2.07 bits per heavy atom. The van der Waals surface area contributed by atoms with E-state index in [2.05, 4.69) is 10.2 Å². The lowest BCUT2D eigenvalue weighted by Gasteiger charge is -2.42. The number of carbonyl (C=O) groups excluding carboxylic acids is 1. The highest BCUT2D eigenvalue weighted by molar-refractivity contribution is 7.91. The number of ether oxygens (including phenoxy) is 1. The van der Waals surface area contributed by atoms with Gasteiger partial charge in [-0.05, 0) is 12.8 Å². The molecule has 1 amide bonds. The first kappa shape index (κ1) is 18.9. The molecular weight excluding hydrogens is 372 g/mol. The van der Waals surface area contributed by atoms with Crippen molar-refractivity contribution in [2.75, 3.05) is 50.8 Å². The van der Waals surface area contributed by atoms with Crippen LogP contribution < -0.4 is 0 Å². The Kier molecular flexibility index (Phi) is 5.00. The Labute approximate surface area is 158 Å². The predicted molar refractivity (Wildman–Crippen MR) is 97.1 cm³/mol. The van der Waals surface area contributed by atoms with Crippen LogP contribution in [0.3, 0.4) is 0 Å². The first-order valence-corrected chi connectivity index (χ1v) is 11.3. The Hall–Kier alpha value is -1.49. The number of piperidine rings is 1. The summed E-state index contributed by atoms with van der Waals surface area (Å²) in [5, 5.41) is 18.2. The Bertz CT molecular complexity index is 809. The molecule has 1 atom stereocenters. The smallest absolute Gasteiger partial charge is 0.274 e. The van der Waals surface area contributed by atoms with E-state index in [1.165, 1.54) is 0 Å². The number of rotatable bonds is 3. The molecule has 0 saturated carbocycles. The number of nitrogens with zero attached hydrogens (tertiary/aromatic N) is 3. The van der Waals surface area contributed by atoms with Gasteiger partial charge in [-0.15, -0.1) is 0 Å². The van der Waals surface area contributed by atoms with Gasteiger partial charge in [0.2, 0.25) is 0 Å². The summed E-state index contributed by atoms with van der Waals surface area (Å²) < 4.78 is 28.6. The molecule has 0 aliphatic carbocycles. The quantitative estimate of drug-likeness (QED) is 0.683. The fourth-order valence-electron chi connectivity index (χ4n) is 4.18. The zero-order chi connectivity index (χ0) is 19.1. The van der Waals surface area contributed by atoms with Crippen molar-refractivity contribution in [3.8, 4) is 0 Å². The molecule has 0 aromatic carbocycles. The summed E-state index contributed by atoms with van der Waals surface area (Å²) in [5.74, 6) is 0.0772. The van der Waals surface area contributed by atoms with Crippen molar-refractivity contribution >= 4 is 15.7 Å². The van der Waals surface area contributed by atoms with Crippen LogP contribution in [0.2, 0.25) is 0 Å². The predicted octanol–water partition coefficient (Wildman–Crippen LogP) is -0.820. The number of aliphatic hydroxyl groups is 1. The molecule has 0 spiro atoms. The second kappa shape index (κ2) is 7.16. The van der Waals surface area contributed by atoms with E-state index in [9.17, 15) is 18.3 Å². The van der Waals surface area contributed by atoms with Crippen LogP contribution in [-0.2, 0) is 27.6 Å². The average Bonchev–Trinajstić information content (AvgIpc) is 3.07. The van der Waals surface area contributed by atoms with Gasteiger partial charge in [0.15, 0.2) is 15.5 Å². The molecule has 2 N–H and O–H groups in total. The molecule has 2 saturated heterocycles.